The highest BCUT2D eigenvalue weighted by Gasteiger charge is 2.20. The third kappa shape index (κ3) is 4.50. The van der Waals surface area contributed by atoms with Gasteiger partial charge >= 0.3 is 0 Å². The van der Waals surface area contributed by atoms with Crippen LogP contribution in [0.4, 0.5) is 0 Å². The van der Waals surface area contributed by atoms with Gasteiger partial charge in [-0.3, -0.25) is 4.99 Å². The molecular formula is C13H20N4O2S. The Balaban J connectivity index is 2.00. The van der Waals surface area contributed by atoms with Crippen molar-refractivity contribution in [2.75, 3.05) is 12.8 Å². The van der Waals surface area contributed by atoms with Gasteiger partial charge in [0.25, 0.3) is 0 Å². The van der Waals surface area contributed by atoms with Crippen LogP contribution in [-0.2, 0) is 10.0 Å². The van der Waals surface area contributed by atoms with E-state index in [-0.39, 0.29) is 12.1 Å². The minimum absolute atomic E-state index is 0.183. The molecule has 0 saturated carbocycles. The minimum Gasteiger partial charge on any atom is -0.370 e. The van der Waals surface area contributed by atoms with Crippen LogP contribution in [0.1, 0.15) is 24.4 Å². The summed E-state index contributed by atoms with van der Waals surface area (Å²) < 4.78 is 25.7. The van der Waals surface area contributed by atoms with Gasteiger partial charge in [-0.25, -0.2) is 13.1 Å². The molecule has 110 valence electrons. The summed E-state index contributed by atoms with van der Waals surface area (Å²) in [7, 11) is -3.25. The number of benzene rings is 1. The van der Waals surface area contributed by atoms with Gasteiger partial charge in [0.15, 0.2) is 5.96 Å². The summed E-state index contributed by atoms with van der Waals surface area (Å²) in [5, 5.41) is 3.07. The Bertz CT molecular complexity index is 571. The van der Waals surface area contributed by atoms with Crippen LogP contribution in [0, 0.1) is 0 Å². The van der Waals surface area contributed by atoms with Gasteiger partial charge in [-0.05, 0) is 18.4 Å². The number of nitrogens with two attached hydrogens (primary N) is 1. The lowest BCUT2D eigenvalue weighted by Crippen LogP contribution is -2.36. The van der Waals surface area contributed by atoms with Gasteiger partial charge in [0.2, 0.25) is 10.0 Å². The first kappa shape index (κ1) is 14.8. The molecule has 1 heterocycles. The maximum atomic E-state index is 11.5. The first-order valence-corrected chi connectivity index (χ1v) is 8.42. The molecule has 1 unspecified atom stereocenters. The lowest BCUT2D eigenvalue weighted by atomic mass is 10.0. The zero-order valence-electron chi connectivity index (χ0n) is 11.4. The van der Waals surface area contributed by atoms with E-state index in [0.717, 1.165) is 12.0 Å². The van der Waals surface area contributed by atoms with Crippen molar-refractivity contribution in [1.29, 1.82) is 0 Å². The molecule has 7 heteroatoms. The van der Waals surface area contributed by atoms with E-state index in [1.54, 1.807) is 0 Å². The summed E-state index contributed by atoms with van der Waals surface area (Å²) in [4.78, 5) is 4.09. The summed E-state index contributed by atoms with van der Waals surface area (Å²) >= 11 is 0. The fraction of sp³-hybridized carbons (Fsp3) is 0.462. The maximum Gasteiger partial charge on any atom is 0.209 e. The second-order valence-electron chi connectivity index (χ2n) is 5.00. The molecular weight excluding hydrogens is 276 g/mol. The first-order chi connectivity index (χ1) is 9.44. The molecule has 2 rings (SSSR count). The number of hydrogen-bond donors (Lipinski definition) is 3. The molecule has 1 aromatic carbocycles. The zero-order valence-corrected chi connectivity index (χ0v) is 12.2. The normalized spacial score (nSPS) is 20.2. The van der Waals surface area contributed by atoms with Crippen molar-refractivity contribution >= 4 is 16.0 Å². The monoisotopic (exact) mass is 296 g/mol. The molecule has 0 aliphatic carbocycles. The Morgan fingerprint density at radius 2 is 2.15 bits per heavy atom. The number of aliphatic imine (C=N–C) groups is 1. The van der Waals surface area contributed by atoms with Crippen molar-refractivity contribution in [2.45, 2.75) is 24.9 Å². The van der Waals surface area contributed by atoms with Crippen molar-refractivity contribution < 1.29 is 8.42 Å². The maximum absolute atomic E-state index is 11.5. The van der Waals surface area contributed by atoms with Crippen LogP contribution in [0.25, 0.3) is 0 Å². The Kier molecular flexibility index (Phi) is 4.61. The molecule has 0 bridgehead atoms. The molecule has 20 heavy (non-hydrogen) atoms. The predicted octanol–water partition coefficient (Wildman–Crippen LogP) is 0.344. The van der Waals surface area contributed by atoms with Gasteiger partial charge in [0.1, 0.15) is 0 Å². The van der Waals surface area contributed by atoms with Gasteiger partial charge < -0.3 is 11.1 Å². The van der Waals surface area contributed by atoms with Crippen LogP contribution in [0.15, 0.2) is 35.3 Å². The Hall–Kier alpha value is -1.60. The molecule has 2 atom stereocenters. The highest BCUT2D eigenvalue weighted by Crippen LogP contribution is 2.20. The summed E-state index contributed by atoms with van der Waals surface area (Å²) in [6.45, 7) is 0.645. The Morgan fingerprint density at radius 1 is 1.45 bits per heavy atom. The fourth-order valence-electron chi connectivity index (χ4n) is 2.28. The molecule has 0 saturated heterocycles. The zero-order chi connectivity index (χ0) is 14.6. The summed E-state index contributed by atoms with van der Waals surface area (Å²) in [6.07, 6.45) is 2.67. The number of nitrogens with one attached hydrogen (secondary N) is 2. The molecule has 1 aliphatic rings. The molecule has 0 aromatic heterocycles. The van der Waals surface area contributed by atoms with Gasteiger partial charge in [-0.15, -0.1) is 0 Å². The van der Waals surface area contributed by atoms with E-state index in [4.69, 9.17) is 5.73 Å². The molecule has 4 N–H and O–H groups in total. The van der Waals surface area contributed by atoms with Crippen molar-refractivity contribution in [2.24, 2.45) is 10.7 Å². The molecule has 0 spiro atoms. The Morgan fingerprint density at radius 3 is 2.70 bits per heavy atom. The molecule has 1 aliphatic heterocycles. The largest absolute Gasteiger partial charge is 0.370 e. The van der Waals surface area contributed by atoms with Crippen LogP contribution in [0.3, 0.4) is 0 Å². The van der Waals surface area contributed by atoms with E-state index in [0.29, 0.717) is 18.9 Å². The number of hydrogen-bond acceptors (Lipinski definition) is 5. The summed E-state index contributed by atoms with van der Waals surface area (Å²) in [5.74, 6) is 0.460. The number of rotatable bonds is 6. The van der Waals surface area contributed by atoms with E-state index in [1.165, 1.54) is 6.26 Å². The summed E-state index contributed by atoms with van der Waals surface area (Å²) in [5.41, 5.74) is 6.53. The highest BCUT2D eigenvalue weighted by atomic mass is 32.2. The average Bonchev–Trinajstić information content (AvgIpc) is 2.80. The lowest BCUT2D eigenvalue weighted by molar-refractivity contribution is 0.490. The lowest BCUT2D eigenvalue weighted by Gasteiger charge is -2.20. The molecule has 0 amide bonds. The van der Waals surface area contributed by atoms with E-state index < -0.39 is 10.0 Å². The predicted molar refractivity (Wildman–Crippen MR) is 79.8 cm³/mol. The SMILES string of the molecule is CS(=O)(=O)N[C@@H](CCC1CN=C(N)N1)c1ccccc1. The minimum atomic E-state index is -3.25. The van der Waals surface area contributed by atoms with Crippen LogP contribution in [0.2, 0.25) is 0 Å². The topological polar surface area (TPSA) is 96.6 Å². The summed E-state index contributed by atoms with van der Waals surface area (Å²) in [6, 6.07) is 9.53. The number of guanidine groups is 1. The molecule has 1 aromatic rings. The molecule has 0 radical (unpaired) electrons. The van der Waals surface area contributed by atoms with E-state index in [1.807, 2.05) is 30.3 Å². The van der Waals surface area contributed by atoms with E-state index in [9.17, 15) is 8.42 Å². The van der Waals surface area contributed by atoms with Crippen LogP contribution in [0.5, 0.6) is 0 Å². The van der Waals surface area contributed by atoms with Gasteiger partial charge in [-0.1, -0.05) is 30.3 Å². The van der Waals surface area contributed by atoms with Crippen molar-refractivity contribution in [3.8, 4) is 0 Å². The quantitative estimate of drug-likeness (QED) is 0.705. The van der Waals surface area contributed by atoms with Gasteiger partial charge in [0, 0.05) is 12.1 Å². The van der Waals surface area contributed by atoms with Crippen LogP contribution >= 0.6 is 0 Å². The fourth-order valence-corrected chi connectivity index (χ4v) is 3.05. The van der Waals surface area contributed by atoms with E-state index in [2.05, 4.69) is 15.0 Å². The van der Waals surface area contributed by atoms with Crippen molar-refractivity contribution in [1.82, 2.24) is 10.0 Å². The molecule has 6 nitrogen and oxygen atoms in total. The van der Waals surface area contributed by atoms with Crippen molar-refractivity contribution in [3.63, 3.8) is 0 Å². The Labute approximate surface area is 119 Å². The average molecular weight is 296 g/mol. The highest BCUT2D eigenvalue weighted by molar-refractivity contribution is 7.88. The standard InChI is InChI=1S/C13H20N4O2S/c1-20(18,19)17-12(10-5-3-2-4-6-10)8-7-11-9-15-13(14)16-11/h2-6,11-12,17H,7-9H2,1H3,(H3,14,15,16)/t11?,12-/m0/s1. The third-order valence-electron chi connectivity index (χ3n) is 3.20. The third-order valence-corrected chi connectivity index (χ3v) is 3.91. The second-order valence-corrected chi connectivity index (χ2v) is 6.78. The van der Waals surface area contributed by atoms with Gasteiger partial charge in [-0.2, -0.15) is 0 Å². The molecule has 0 fully saturated rings. The number of nitrogens with zero attached hydrogens (tertiary/aromatic N) is 1. The number of sulfonamides is 1. The first-order valence-electron chi connectivity index (χ1n) is 6.53. The smallest absolute Gasteiger partial charge is 0.209 e. The second kappa shape index (κ2) is 6.23. The van der Waals surface area contributed by atoms with Crippen LogP contribution < -0.4 is 15.8 Å². The van der Waals surface area contributed by atoms with Crippen molar-refractivity contribution in [3.05, 3.63) is 35.9 Å². The van der Waals surface area contributed by atoms with Gasteiger partial charge in [0.05, 0.1) is 12.8 Å². The van der Waals surface area contributed by atoms with Crippen LogP contribution in [-0.4, -0.2) is 33.2 Å². The van der Waals surface area contributed by atoms with E-state index >= 15 is 0 Å².